The van der Waals surface area contributed by atoms with Gasteiger partial charge < -0.3 is 10.5 Å². The summed E-state index contributed by atoms with van der Waals surface area (Å²) in [6.07, 6.45) is 5.13. The highest BCUT2D eigenvalue weighted by molar-refractivity contribution is 5.43. The van der Waals surface area contributed by atoms with E-state index in [0.717, 1.165) is 25.7 Å². The van der Waals surface area contributed by atoms with Crippen molar-refractivity contribution in [2.75, 3.05) is 0 Å². The van der Waals surface area contributed by atoms with Gasteiger partial charge >= 0.3 is 0 Å². The van der Waals surface area contributed by atoms with Gasteiger partial charge in [-0.2, -0.15) is 5.26 Å². The molecule has 0 aliphatic heterocycles. The van der Waals surface area contributed by atoms with Crippen LogP contribution in [0.4, 0.5) is 4.39 Å². The Bertz CT molecular complexity index is 456. The van der Waals surface area contributed by atoms with Gasteiger partial charge in [0.05, 0.1) is 5.56 Å². The van der Waals surface area contributed by atoms with E-state index < -0.39 is 5.82 Å². The lowest BCUT2D eigenvalue weighted by Gasteiger charge is -2.23. The Morgan fingerprint density at radius 3 is 2.83 bits per heavy atom. The summed E-state index contributed by atoms with van der Waals surface area (Å²) in [6, 6.07) is 5.94. The van der Waals surface area contributed by atoms with Gasteiger partial charge in [-0.3, -0.25) is 0 Å². The zero-order valence-corrected chi connectivity index (χ0v) is 10.2. The van der Waals surface area contributed by atoms with Crippen molar-refractivity contribution in [3.63, 3.8) is 0 Å². The Labute approximate surface area is 106 Å². The van der Waals surface area contributed by atoms with Gasteiger partial charge in [-0.05, 0) is 37.5 Å². The van der Waals surface area contributed by atoms with Gasteiger partial charge in [0.1, 0.15) is 23.7 Å². The molecule has 2 atom stereocenters. The topological polar surface area (TPSA) is 59.0 Å². The molecule has 0 saturated heterocycles. The fourth-order valence-corrected chi connectivity index (χ4v) is 2.30. The minimum absolute atomic E-state index is 0.0101. The molecule has 96 valence electrons. The smallest absolute Gasteiger partial charge is 0.137 e. The zero-order valence-electron chi connectivity index (χ0n) is 10.2. The molecule has 2 unspecified atom stereocenters. The molecule has 1 fully saturated rings. The SMILES string of the molecule is N#Cc1cc(F)ccc1OC1CCCCCC1N. The number of benzene rings is 1. The Hall–Kier alpha value is -1.60. The van der Waals surface area contributed by atoms with Gasteiger partial charge in [0.2, 0.25) is 0 Å². The van der Waals surface area contributed by atoms with Crippen LogP contribution in [-0.2, 0) is 0 Å². The summed E-state index contributed by atoms with van der Waals surface area (Å²) in [7, 11) is 0. The Balaban J connectivity index is 2.15. The van der Waals surface area contributed by atoms with Crippen molar-refractivity contribution in [1.29, 1.82) is 5.26 Å². The molecule has 0 bridgehead atoms. The van der Waals surface area contributed by atoms with Crippen LogP contribution in [-0.4, -0.2) is 12.1 Å². The van der Waals surface area contributed by atoms with E-state index in [0.29, 0.717) is 5.75 Å². The highest BCUT2D eigenvalue weighted by atomic mass is 19.1. The summed E-state index contributed by atoms with van der Waals surface area (Å²) in [5, 5.41) is 8.97. The second kappa shape index (κ2) is 5.83. The number of nitrogens with zero attached hydrogens (tertiary/aromatic N) is 1. The summed E-state index contributed by atoms with van der Waals surface area (Å²) < 4.78 is 18.8. The summed E-state index contributed by atoms with van der Waals surface area (Å²) in [6.45, 7) is 0. The quantitative estimate of drug-likeness (QED) is 0.819. The number of halogens is 1. The number of hydrogen-bond acceptors (Lipinski definition) is 3. The van der Waals surface area contributed by atoms with E-state index in [1.807, 2.05) is 6.07 Å². The lowest BCUT2D eigenvalue weighted by atomic mass is 10.1. The molecule has 1 saturated carbocycles. The van der Waals surface area contributed by atoms with Crippen LogP contribution in [0, 0.1) is 17.1 Å². The molecule has 2 rings (SSSR count). The second-order valence-corrected chi connectivity index (χ2v) is 4.71. The summed E-state index contributed by atoms with van der Waals surface area (Å²) >= 11 is 0. The number of rotatable bonds is 2. The van der Waals surface area contributed by atoms with E-state index in [1.165, 1.54) is 24.6 Å². The molecule has 0 aromatic heterocycles. The third-order valence-electron chi connectivity index (χ3n) is 3.34. The average molecular weight is 248 g/mol. The molecule has 1 aromatic rings. The molecule has 3 nitrogen and oxygen atoms in total. The highest BCUT2D eigenvalue weighted by Crippen LogP contribution is 2.25. The van der Waals surface area contributed by atoms with Crippen molar-refractivity contribution in [2.45, 2.75) is 44.2 Å². The molecule has 0 spiro atoms. The predicted molar refractivity (Wildman–Crippen MR) is 66.6 cm³/mol. The normalized spacial score (nSPS) is 24.1. The predicted octanol–water partition coefficient (Wildman–Crippen LogP) is 2.74. The van der Waals surface area contributed by atoms with E-state index in [4.69, 9.17) is 15.7 Å². The maximum absolute atomic E-state index is 13.0. The maximum atomic E-state index is 13.0. The van der Waals surface area contributed by atoms with Crippen molar-refractivity contribution in [3.05, 3.63) is 29.6 Å². The maximum Gasteiger partial charge on any atom is 0.137 e. The molecule has 18 heavy (non-hydrogen) atoms. The molecule has 1 aliphatic carbocycles. The molecule has 0 heterocycles. The highest BCUT2D eigenvalue weighted by Gasteiger charge is 2.23. The third kappa shape index (κ3) is 2.99. The fourth-order valence-electron chi connectivity index (χ4n) is 2.30. The number of nitrogens with two attached hydrogens (primary N) is 1. The van der Waals surface area contributed by atoms with Crippen molar-refractivity contribution in [2.24, 2.45) is 5.73 Å². The van der Waals surface area contributed by atoms with Gasteiger partial charge in [-0.1, -0.05) is 12.8 Å². The Morgan fingerprint density at radius 1 is 1.28 bits per heavy atom. The zero-order chi connectivity index (χ0) is 13.0. The number of nitriles is 1. The van der Waals surface area contributed by atoms with E-state index in [-0.39, 0.29) is 17.7 Å². The first-order valence-electron chi connectivity index (χ1n) is 6.32. The van der Waals surface area contributed by atoms with Crippen molar-refractivity contribution >= 4 is 0 Å². The van der Waals surface area contributed by atoms with E-state index >= 15 is 0 Å². The Morgan fingerprint density at radius 2 is 2.06 bits per heavy atom. The third-order valence-corrected chi connectivity index (χ3v) is 3.34. The number of ether oxygens (including phenoxy) is 1. The monoisotopic (exact) mass is 248 g/mol. The van der Waals surface area contributed by atoms with Crippen LogP contribution >= 0.6 is 0 Å². The van der Waals surface area contributed by atoms with Crippen LogP contribution < -0.4 is 10.5 Å². The van der Waals surface area contributed by atoms with Crippen LogP contribution in [0.5, 0.6) is 5.75 Å². The fraction of sp³-hybridized carbons (Fsp3) is 0.500. The molecule has 0 radical (unpaired) electrons. The van der Waals surface area contributed by atoms with Gasteiger partial charge in [0, 0.05) is 6.04 Å². The van der Waals surface area contributed by atoms with Crippen LogP contribution in [0.25, 0.3) is 0 Å². The van der Waals surface area contributed by atoms with Crippen molar-refractivity contribution in [1.82, 2.24) is 0 Å². The van der Waals surface area contributed by atoms with Gasteiger partial charge in [0.15, 0.2) is 0 Å². The minimum Gasteiger partial charge on any atom is -0.487 e. The Kier molecular flexibility index (Phi) is 4.16. The standard InChI is InChI=1S/C14H17FN2O/c15-11-6-7-13(10(8-11)9-16)18-14-5-3-1-2-4-12(14)17/h6-8,12,14H,1-5,17H2. The molecular weight excluding hydrogens is 231 g/mol. The summed E-state index contributed by atoms with van der Waals surface area (Å²) in [5.41, 5.74) is 6.29. The number of hydrogen-bond donors (Lipinski definition) is 1. The minimum atomic E-state index is -0.427. The van der Waals surface area contributed by atoms with E-state index in [2.05, 4.69) is 0 Å². The van der Waals surface area contributed by atoms with Crippen molar-refractivity contribution < 1.29 is 9.13 Å². The second-order valence-electron chi connectivity index (χ2n) is 4.71. The first-order chi connectivity index (χ1) is 8.70. The largest absolute Gasteiger partial charge is 0.487 e. The molecular formula is C14H17FN2O. The summed E-state index contributed by atoms with van der Waals surface area (Å²) in [4.78, 5) is 0. The van der Waals surface area contributed by atoms with Crippen LogP contribution in [0.2, 0.25) is 0 Å². The molecule has 0 amide bonds. The van der Waals surface area contributed by atoms with Crippen molar-refractivity contribution in [3.8, 4) is 11.8 Å². The van der Waals surface area contributed by atoms with Crippen LogP contribution in [0.3, 0.4) is 0 Å². The first kappa shape index (κ1) is 12.8. The lowest BCUT2D eigenvalue weighted by Crippen LogP contribution is -2.38. The first-order valence-corrected chi connectivity index (χ1v) is 6.32. The van der Waals surface area contributed by atoms with Gasteiger partial charge in [-0.25, -0.2) is 4.39 Å². The molecule has 4 heteroatoms. The molecule has 1 aromatic carbocycles. The molecule has 1 aliphatic rings. The van der Waals surface area contributed by atoms with Crippen LogP contribution in [0.15, 0.2) is 18.2 Å². The van der Waals surface area contributed by atoms with Gasteiger partial charge in [0.25, 0.3) is 0 Å². The average Bonchev–Trinajstić information content (AvgIpc) is 2.57. The lowest BCUT2D eigenvalue weighted by molar-refractivity contribution is 0.162. The van der Waals surface area contributed by atoms with Crippen LogP contribution in [0.1, 0.15) is 37.7 Å². The van der Waals surface area contributed by atoms with E-state index in [1.54, 1.807) is 0 Å². The molecule has 2 N–H and O–H groups in total. The van der Waals surface area contributed by atoms with E-state index in [9.17, 15) is 4.39 Å². The summed E-state index contributed by atoms with van der Waals surface area (Å²) in [5.74, 6) is 0.00492. The van der Waals surface area contributed by atoms with Gasteiger partial charge in [-0.15, -0.1) is 0 Å².